The van der Waals surface area contributed by atoms with E-state index >= 15 is 0 Å². The molecule has 0 saturated heterocycles. The number of halogens is 2. The monoisotopic (exact) mass is 262 g/mol. The van der Waals surface area contributed by atoms with E-state index in [4.69, 9.17) is 5.73 Å². The van der Waals surface area contributed by atoms with Gasteiger partial charge >= 0.3 is 0 Å². The maximum Gasteiger partial charge on any atom is 0.134 e. The molecule has 0 amide bonds. The lowest BCUT2D eigenvalue weighted by atomic mass is 9.96. The summed E-state index contributed by atoms with van der Waals surface area (Å²) in [6.07, 6.45) is 0. The number of nitrogens with two attached hydrogens (primary N) is 1. The molecule has 0 fully saturated rings. The Morgan fingerprint density at radius 1 is 1.05 bits per heavy atom. The molecule has 1 unspecified atom stereocenters. The molecule has 0 spiro atoms. The zero-order chi connectivity index (χ0) is 14.2. The molecule has 2 aromatic rings. The van der Waals surface area contributed by atoms with Gasteiger partial charge in [0.05, 0.1) is 6.04 Å². The molecule has 2 rings (SSSR count). The molecule has 100 valence electrons. The van der Waals surface area contributed by atoms with Crippen LogP contribution < -0.4 is 5.73 Å². The van der Waals surface area contributed by atoms with Crippen molar-refractivity contribution in [2.24, 2.45) is 5.73 Å². The second kappa shape index (κ2) is 5.05. The smallest absolute Gasteiger partial charge is 0.134 e. The third-order valence-electron chi connectivity index (χ3n) is 3.09. The topological polar surface area (TPSA) is 38.9 Å². The molecule has 2 N–H and O–H groups in total. The van der Waals surface area contributed by atoms with E-state index in [1.165, 1.54) is 12.1 Å². The quantitative estimate of drug-likeness (QED) is 0.901. The van der Waals surface area contributed by atoms with Crippen LogP contribution in [0.15, 0.2) is 24.3 Å². The van der Waals surface area contributed by atoms with E-state index in [2.05, 4.69) is 4.98 Å². The summed E-state index contributed by atoms with van der Waals surface area (Å²) in [5.74, 6) is -1.21. The fraction of sp³-hybridized carbons (Fsp3) is 0.267. The predicted octanol–water partition coefficient (Wildman–Crippen LogP) is 3.33. The minimum absolute atomic E-state index is 0.0926. The van der Waals surface area contributed by atoms with Crippen molar-refractivity contribution in [2.75, 3.05) is 0 Å². The summed E-state index contributed by atoms with van der Waals surface area (Å²) in [7, 11) is 0. The molecule has 0 saturated carbocycles. The first-order valence-corrected chi connectivity index (χ1v) is 6.05. The molecule has 0 radical (unpaired) electrons. The van der Waals surface area contributed by atoms with Gasteiger partial charge < -0.3 is 5.73 Å². The first kappa shape index (κ1) is 13.6. The van der Waals surface area contributed by atoms with E-state index in [-0.39, 0.29) is 5.56 Å². The van der Waals surface area contributed by atoms with Crippen LogP contribution in [-0.2, 0) is 0 Å². The van der Waals surface area contributed by atoms with Gasteiger partial charge in [-0.15, -0.1) is 0 Å². The SMILES string of the molecule is Cc1cc(C(N)c2c(F)ccc(C)c2F)cc(C)n1. The van der Waals surface area contributed by atoms with Crippen molar-refractivity contribution in [3.8, 4) is 0 Å². The Balaban J connectivity index is 2.55. The molecule has 19 heavy (non-hydrogen) atoms. The zero-order valence-corrected chi connectivity index (χ0v) is 11.2. The average molecular weight is 262 g/mol. The van der Waals surface area contributed by atoms with E-state index < -0.39 is 17.7 Å². The van der Waals surface area contributed by atoms with Crippen molar-refractivity contribution < 1.29 is 8.78 Å². The molecule has 0 aliphatic rings. The molecule has 1 atom stereocenters. The van der Waals surface area contributed by atoms with Gasteiger partial charge in [-0.3, -0.25) is 4.98 Å². The lowest BCUT2D eigenvalue weighted by Crippen LogP contribution is -2.17. The predicted molar refractivity (Wildman–Crippen MR) is 70.8 cm³/mol. The average Bonchev–Trinajstić information content (AvgIpc) is 2.33. The Labute approximate surface area is 111 Å². The van der Waals surface area contributed by atoms with Gasteiger partial charge in [0.2, 0.25) is 0 Å². The standard InChI is InChI=1S/C15H16F2N2/c1-8-4-5-12(16)13(14(8)17)15(18)11-6-9(2)19-10(3)7-11/h4-7,15H,18H2,1-3H3. The highest BCUT2D eigenvalue weighted by Crippen LogP contribution is 2.27. The molecule has 0 aliphatic carbocycles. The molecule has 1 aromatic carbocycles. The summed E-state index contributed by atoms with van der Waals surface area (Å²) in [5, 5.41) is 0. The van der Waals surface area contributed by atoms with Crippen LogP contribution in [0.3, 0.4) is 0 Å². The van der Waals surface area contributed by atoms with Gasteiger partial charge in [-0.1, -0.05) is 6.07 Å². The summed E-state index contributed by atoms with van der Waals surface area (Å²) in [5.41, 5.74) is 8.52. The maximum atomic E-state index is 14.1. The molecular formula is C15H16F2N2. The van der Waals surface area contributed by atoms with E-state index in [1.54, 1.807) is 19.1 Å². The minimum Gasteiger partial charge on any atom is -0.320 e. The molecular weight excluding hydrogens is 246 g/mol. The van der Waals surface area contributed by atoms with Gasteiger partial charge in [-0.25, -0.2) is 8.78 Å². The Hall–Kier alpha value is -1.81. The highest BCUT2D eigenvalue weighted by molar-refractivity contribution is 5.37. The molecule has 1 aromatic heterocycles. The van der Waals surface area contributed by atoms with Gasteiger partial charge in [0.25, 0.3) is 0 Å². The Morgan fingerprint density at radius 2 is 1.63 bits per heavy atom. The minimum atomic E-state index is -0.833. The van der Waals surface area contributed by atoms with E-state index in [0.29, 0.717) is 11.1 Å². The summed E-state index contributed by atoms with van der Waals surface area (Å²) >= 11 is 0. The number of benzene rings is 1. The van der Waals surface area contributed by atoms with Gasteiger partial charge in [-0.2, -0.15) is 0 Å². The molecule has 0 aliphatic heterocycles. The first-order chi connectivity index (χ1) is 8.90. The number of aryl methyl sites for hydroxylation is 3. The number of aromatic nitrogens is 1. The highest BCUT2D eigenvalue weighted by Gasteiger charge is 2.20. The summed E-state index contributed by atoms with van der Waals surface area (Å²) < 4.78 is 27.9. The lowest BCUT2D eigenvalue weighted by molar-refractivity contribution is 0.538. The third kappa shape index (κ3) is 2.63. The van der Waals surface area contributed by atoms with Crippen LogP contribution in [0, 0.1) is 32.4 Å². The molecule has 4 heteroatoms. The number of nitrogens with zero attached hydrogens (tertiary/aromatic N) is 1. The molecule has 2 nitrogen and oxygen atoms in total. The van der Waals surface area contributed by atoms with Crippen LogP contribution in [0.5, 0.6) is 0 Å². The van der Waals surface area contributed by atoms with Gasteiger partial charge in [0.1, 0.15) is 11.6 Å². The largest absolute Gasteiger partial charge is 0.320 e. The first-order valence-electron chi connectivity index (χ1n) is 6.05. The fourth-order valence-electron chi connectivity index (χ4n) is 2.18. The number of hydrogen-bond donors (Lipinski definition) is 1. The third-order valence-corrected chi connectivity index (χ3v) is 3.09. The van der Waals surface area contributed by atoms with Crippen molar-refractivity contribution >= 4 is 0 Å². The maximum absolute atomic E-state index is 14.1. The van der Waals surface area contributed by atoms with Crippen molar-refractivity contribution in [1.82, 2.24) is 4.98 Å². The fourth-order valence-corrected chi connectivity index (χ4v) is 2.18. The van der Waals surface area contributed by atoms with Crippen LogP contribution in [-0.4, -0.2) is 4.98 Å². The Bertz CT molecular complexity index is 604. The second-order valence-electron chi connectivity index (χ2n) is 4.75. The summed E-state index contributed by atoms with van der Waals surface area (Å²) in [6.45, 7) is 5.24. The van der Waals surface area contributed by atoms with Crippen LogP contribution in [0.1, 0.15) is 34.1 Å². The van der Waals surface area contributed by atoms with Crippen LogP contribution in [0.25, 0.3) is 0 Å². The number of hydrogen-bond acceptors (Lipinski definition) is 2. The van der Waals surface area contributed by atoms with Crippen LogP contribution >= 0.6 is 0 Å². The normalized spacial score (nSPS) is 12.5. The van der Waals surface area contributed by atoms with Gasteiger partial charge in [-0.05, 0) is 50.1 Å². The molecule has 1 heterocycles. The second-order valence-corrected chi connectivity index (χ2v) is 4.75. The zero-order valence-electron chi connectivity index (χ0n) is 11.2. The van der Waals surface area contributed by atoms with E-state index in [9.17, 15) is 8.78 Å². The van der Waals surface area contributed by atoms with Crippen molar-refractivity contribution in [3.05, 3.63) is 64.0 Å². The van der Waals surface area contributed by atoms with Gasteiger partial charge in [0, 0.05) is 17.0 Å². The Kier molecular flexibility index (Phi) is 3.62. The summed E-state index contributed by atoms with van der Waals surface area (Å²) in [6, 6.07) is 5.32. The lowest BCUT2D eigenvalue weighted by Gasteiger charge is -2.16. The van der Waals surface area contributed by atoms with Crippen molar-refractivity contribution in [2.45, 2.75) is 26.8 Å². The highest BCUT2D eigenvalue weighted by atomic mass is 19.1. The van der Waals surface area contributed by atoms with Crippen LogP contribution in [0.2, 0.25) is 0 Å². The summed E-state index contributed by atoms with van der Waals surface area (Å²) in [4.78, 5) is 4.23. The Morgan fingerprint density at radius 3 is 2.21 bits per heavy atom. The van der Waals surface area contributed by atoms with Crippen LogP contribution in [0.4, 0.5) is 8.78 Å². The van der Waals surface area contributed by atoms with Crippen molar-refractivity contribution in [1.29, 1.82) is 0 Å². The van der Waals surface area contributed by atoms with Crippen molar-refractivity contribution in [3.63, 3.8) is 0 Å². The van der Waals surface area contributed by atoms with E-state index in [1.807, 2.05) is 13.8 Å². The van der Waals surface area contributed by atoms with Gasteiger partial charge in [0.15, 0.2) is 0 Å². The number of pyridine rings is 1. The van der Waals surface area contributed by atoms with E-state index in [0.717, 1.165) is 11.4 Å². The molecule has 0 bridgehead atoms. The number of rotatable bonds is 2.